The van der Waals surface area contributed by atoms with Gasteiger partial charge in [-0.05, 0) is 80.6 Å². The van der Waals surface area contributed by atoms with E-state index < -0.39 is 128 Å². The Labute approximate surface area is 354 Å². The summed E-state index contributed by atoms with van der Waals surface area (Å²) in [6, 6.07) is 0. The molecule has 0 radical (unpaired) electrons. The third kappa shape index (κ3) is 7.63. The number of rotatable bonds is 10. The smallest absolute Gasteiger partial charge is 0.331 e. The van der Waals surface area contributed by atoms with Crippen LogP contribution in [-0.4, -0.2) is 194 Å². The lowest BCUT2D eigenvalue weighted by Crippen LogP contribution is -2.66. The summed E-state index contributed by atoms with van der Waals surface area (Å²) in [6.45, 7) is 4.75. The van der Waals surface area contributed by atoms with Crippen LogP contribution in [0.5, 0.6) is 0 Å². The second-order valence-corrected chi connectivity index (χ2v) is 19.5. The third-order valence-electron chi connectivity index (χ3n) is 16.5. The zero-order valence-corrected chi connectivity index (χ0v) is 35.1. The van der Waals surface area contributed by atoms with Crippen molar-refractivity contribution >= 4 is 5.97 Å². The Balaban J connectivity index is 0.903. The molecule has 4 heterocycles. The summed E-state index contributed by atoms with van der Waals surface area (Å²) in [4.78, 5) is 12.0. The number of aliphatic hydroxyl groups excluding tert-OH is 9. The van der Waals surface area contributed by atoms with Crippen LogP contribution < -0.4 is 0 Å². The summed E-state index contributed by atoms with van der Waals surface area (Å²) in [5, 5.41) is 109. The number of fused-ring (bicyclic) bond motifs is 5. The molecule has 19 heteroatoms. The van der Waals surface area contributed by atoms with E-state index in [4.69, 9.17) is 37.9 Å². The van der Waals surface area contributed by atoms with Crippen LogP contribution in [0.4, 0.5) is 0 Å². The van der Waals surface area contributed by atoms with E-state index in [2.05, 4.69) is 13.8 Å². The maximum Gasteiger partial charge on any atom is 0.331 e. The van der Waals surface area contributed by atoms with Gasteiger partial charge < -0.3 is 89.0 Å². The molecule has 0 amide bonds. The summed E-state index contributed by atoms with van der Waals surface area (Å²) in [7, 11) is 1.37. The summed E-state index contributed by atoms with van der Waals surface area (Å²) in [5.74, 6) is -0.253. The number of carbonyl (C=O) groups excluding carboxylic acids is 1. The number of carbonyl (C=O) groups is 1. The molecule has 0 spiro atoms. The molecule has 19 nitrogen and oxygen atoms in total. The predicted octanol–water partition coefficient (Wildman–Crippen LogP) is -2.27. The van der Waals surface area contributed by atoms with E-state index in [1.807, 2.05) is 0 Å². The molecular formula is C42H66O19. The van der Waals surface area contributed by atoms with Gasteiger partial charge in [-0.2, -0.15) is 0 Å². The molecule has 10 N–H and O–H groups in total. The first-order chi connectivity index (χ1) is 28.9. The van der Waals surface area contributed by atoms with Gasteiger partial charge in [-0.3, -0.25) is 0 Å². The molecule has 0 bridgehead atoms. The lowest BCUT2D eigenvalue weighted by atomic mass is 9.43. The molecule has 4 aliphatic carbocycles. The highest BCUT2D eigenvalue weighted by Gasteiger charge is 2.70. The van der Waals surface area contributed by atoms with Crippen LogP contribution in [0.2, 0.25) is 0 Å². The summed E-state index contributed by atoms with van der Waals surface area (Å²) < 4.78 is 46.7. The Hall–Kier alpha value is -1.47. The molecule has 61 heavy (non-hydrogen) atoms. The van der Waals surface area contributed by atoms with E-state index in [1.54, 1.807) is 6.92 Å². The lowest BCUT2D eigenvalue weighted by Gasteiger charge is -2.63. The molecule has 8 rings (SSSR count). The van der Waals surface area contributed by atoms with Crippen molar-refractivity contribution in [2.24, 2.45) is 34.5 Å². The molecule has 0 aromatic rings. The fraction of sp³-hybridized carbons (Fsp3) is 0.929. The Morgan fingerprint density at radius 1 is 0.721 bits per heavy atom. The van der Waals surface area contributed by atoms with Gasteiger partial charge in [0.2, 0.25) is 0 Å². The van der Waals surface area contributed by atoms with Crippen LogP contribution in [0.15, 0.2) is 11.6 Å². The van der Waals surface area contributed by atoms with Crippen molar-refractivity contribution in [1.82, 2.24) is 0 Å². The van der Waals surface area contributed by atoms with Crippen LogP contribution in [0.25, 0.3) is 0 Å². The van der Waals surface area contributed by atoms with Crippen molar-refractivity contribution in [2.75, 3.05) is 26.9 Å². The number of hydrogen-bond donors (Lipinski definition) is 10. The van der Waals surface area contributed by atoms with Gasteiger partial charge in [-0.1, -0.05) is 13.8 Å². The van der Waals surface area contributed by atoms with E-state index in [9.17, 15) is 55.9 Å². The van der Waals surface area contributed by atoms with E-state index >= 15 is 0 Å². The fourth-order valence-electron chi connectivity index (χ4n) is 13.1. The van der Waals surface area contributed by atoms with Gasteiger partial charge in [0.1, 0.15) is 73.8 Å². The van der Waals surface area contributed by atoms with Gasteiger partial charge in [0, 0.05) is 30.9 Å². The maximum atomic E-state index is 12.6. The molecule has 348 valence electrons. The summed E-state index contributed by atoms with van der Waals surface area (Å²) >= 11 is 0. The molecule has 0 aromatic carbocycles. The third-order valence-corrected chi connectivity index (χ3v) is 16.5. The Morgan fingerprint density at radius 2 is 1.36 bits per heavy atom. The van der Waals surface area contributed by atoms with E-state index in [0.717, 1.165) is 37.7 Å². The van der Waals surface area contributed by atoms with Crippen molar-refractivity contribution in [3.63, 3.8) is 0 Å². The van der Waals surface area contributed by atoms with E-state index in [-0.39, 0.29) is 48.2 Å². The van der Waals surface area contributed by atoms with Gasteiger partial charge in [0.15, 0.2) is 18.9 Å². The van der Waals surface area contributed by atoms with Crippen LogP contribution in [0, 0.1) is 34.5 Å². The van der Waals surface area contributed by atoms with Gasteiger partial charge in [0.05, 0.1) is 37.1 Å². The highest BCUT2D eigenvalue weighted by molar-refractivity contribution is 5.85. The Bertz CT molecular complexity index is 1600. The van der Waals surface area contributed by atoms with Gasteiger partial charge in [-0.25, -0.2) is 4.79 Å². The normalized spacial score (nSPS) is 55.0. The number of esters is 1. The zero-order valence-electron chi connectivity index (χ0n) is 35.1. The number of hydrogen-bond acceptors (Lipinski definition) is 19. The lowest BCUT2D eigenvalue weighted by molar-refractivity contribution is -0.381. The standard InChI is InChI=1S/C42H66O19/c1-17-34(60-39-32(51)35(29(48)25(15-44)59-39)61-37-31(50)30(49)28(47)24(14-43)58-37)36(54-4)33(52)38(56-17)57-20-7-9-40(2)19(12-20)5-6-22-21(40)8-10-41(3)27(18-11-26(46)55-16-18)23(45)13-42(22,41)53/h11,17,19-25,27-39,43-45,47-53H,5-10,12-16H2,1-4H3. The van der Waals surface area contributed by atoms with Crippen molar-refractivity contribution in [3.8, 4) is 0 Å². The van der Waals surface area contributed by atoms with Crippen molar-refractivity contribution in [2.45, 2.75) is 182 Å². The highest BCUT2D eigenvalue weighted by Crippen LogP contribution is 2.70. The molecule has 4 aliphatic heterocycles. The minimum Gasteiger partial charge on any atom is -0.458 e. The molecule has 7 fully saturated rings. The first-order valence-corrected chi connectivity index (χ1v) is 21.9. The van der Waals surface area contributed by atoms with Crippen molar-refractivity contribution in [3.05, 3.63) is 11.6 Å². The Kier molecular flexibility index (Phi) is 13.1. The average Bonchev–Trinajstić information content (AvgIpc) is 3.74. The first kappa shape index (κ1) is 46.1. The largest absolute Gasteiger partial charge is 0.458 e. The van der Waals surface area contributed by atoms with E-state index in [1.165, 1.54) is 13.2 Å². The average molecular weight is 875 g/mol. The summed E-state index contributed by atoms with van der Waals surface area (Å²) in [6.07, 6.45) is -15.6. The maximum absolute atomic E-state index is 12.6. The van der Waals surface area contributed by atoms with Gasteiger partial charge >= 0.3 is 5.97 Å². The number of aliphatic hydroxyl groups is 10. The second kappa shape index (κ2) is 17.4. The van der Waals surface area contributed by atoms with Crippen LogP contribution in [0.1, 0.15) is 72.1 Å². The van der Waals surface area contributed by atoms with Gasteiger partial charge in [-0.15, -0.1) is 0 Å². The van der Waals surface area contributed by atoms with Crippen LogP contribution in [-0.2, 0) is 42.7 Å². The predicted molar refractivity (Wildman–Crippen MR) is 204 cm³/mol. The molecular weight excluding hydrogens is 808 g/mol. The zero-order chi connectivity index (χ0) is 43.9. The molecule has 8 aliphatic rings. The molecule has 24 atom stereocenters. The quantitative estimate of drug-likeness (QED) is 0.0818. The van der Waals surface area contributed by atoms with Crippen LogP contribution in [0.3, 0.4) is 0 Å². The topological polar surface area (TPSA) is 293 Å². The molecule has 24 unspecified atom stereocenters. The minimum atomic E-state index is -1.84. The monoisotopic (exact) mass is 874 g/mol. The SMILES string of the molecule is COC1C(O)C(OC2CCC3(C)C(CCC4C3CCC3(C)C(C5=CC(=O)OC5)C(O)CC43O)C2)OC(C)C1OC1OC(CO)C(O)C(OC2OC(CO)C(O)C(O)C2O)C1O. The van der Waals surface area contributed by atoms with Crippen LogP contribution >= 0.6 is 0 Å². The molecule has 3 saturated heterocycles. The van der Waals surface area contributed by atoms with Crippen molar-refractivity contribution < 1.29 is 93.8 Å². The van der Waals surface area contributed by atoms with Gasteiger partial charge in [0.25, 0.3) is 0 Å². The van der Waals surface area contributed by atoms with Crippen molar-refractivity contribution in [1.29, 1.82) is 0 Å². The molecule has 0 aromatic heterocycles. The number of cyclic esters (lactones) is 1. The fourth-order valence-corrected chi connectivity index (χ4v) is 13.1. The molecule has 4 saturated carbocycles. The minimum absolute atomic E-state index is 0.0101. The second-order valence-electron chi connectivity index (χ2n) is 19.5. The summed E-state index contributed by atoms with van der Waals surface area (Å²) in [5.41, 5.74) is -1.00. The van der Waals surface area contributed by atoms with E-state index in [0.29, 0.717) is 12.8 Å². The Morgan fingerprint density at radius 3 is 2.02 bits per heavy atom. The number of methoxy groups -OCH3 is 1. The highest BCUT2D eigenvalue weighted by atomic mass is 16.8. The first-order valence-electron chi connectivity index (χ1n) is 21.9. The number of ether oxygens (including phenoxy) is 8.